The summed E-state index contributed by atoms with van der Waals surface area (Å²) in [4.78, 5) is 23.9. The van der Waals surface area contributed by atoms with Crippen molar-refractivity contribution in [3.05, 3.63) is 35.4 Å². The fourth-order valence-electron chi connectivity index (χ4n) is 3.62. The molecule has 0 amide bonds. The van der Waals surface area contributed by atoms with Crippen molar-refractivity contribution in [3.63, 3.8) is 0 Å². The smallest absolute Gasteiger partial charge is 0.339 e. The van der Waals surface area contributed by atoms with Gasteiger partial charge < -0.3 is 9.84 Å². The van der Waals surface area contributed by atoms with E-state index >= 15 is 0 Å². The Morgan fingerprint density at radius 2 is 1.24 bits per heavy atom. The molecule has 1 rings (SSSR count). The van der Waals surface area contributed by atoms with Gasteiger partial charge in [0, 0.05) is 0 Å². The zero-order valence-electron chi connectivity index (χ0n) is 18.5. The minimum Gasteiger partial charge on any atom is -0.478 e. The molecule has 1 unspecified atom stereocenters. The molecule has 4 nitrogen and oxygen atoms in total. The third-order valence-corrected chi connectivity index (χ3v) is 5.41. The number of unbranched alkanes of at least 4 members (excludes halogenated alkanes) is 10. The van der Waals surface area contributed by atoms with E-state index in [-0.39, 0.29) is 17.2 Å². The van der Waals surface area contributed by atoms with Crippen molar-refractivity contribution in [3.8, 4) is 0 Å². The Bertz CT molecular complexity index is 582. The standard InChI is InChI=1S/C25H40O4/c1-3-5-7-8-9-10-11-12-13-14-18-21(17-6-4-2)29-25(28)23-20-16-15-19-22(23)24(26)27/h15-16,19-21H,3-14,17-18H2,1-2H3,(H,26,27). The van der Waals surface area contributed by atoms with Gasteiger partial charge >= 0.3 is 11.9 Å². The molecule has 0 heterocycles. The molecule has 0 aliphatic carbocycles. The minimum absolute atomic E-state index is 0.00526. The average Bonchev–Trinajstić information content (AvgIpc) is 2.72. The molecular formula is C25H40O4. The van der Waals surface area contributed by atoms with E-state index in [1.165, 1.54) is 69.9 Å². The summed E-state index contributed by atoms with van der Waals surface area (Å²) in [6, 6.07) is 6.27. The van der Waals surface area contributed by atoms with Crippen LogP contribution in [0.15, 0.2) is 24.3 Å². The number of benzene rings is 1. The first kappa shape index (κ1) is 25.2. The number of carboxylic acids is 1. The summed E-state index contributed by atoms with van der Waals surface area (Å²) in [7, 11) is 0. The van der Waals surface area contributed by atoms with E-state index in [2.05, 4.69) is 13.8 Å². The van der Waals surface area contributed by atoms with Gasteiger partial charge in [-0.25, -0.2) is 9.59 Å². The fourth-order valence-corrected chi connectivity index (χ4v) is 3.62. The second-order valence-electron chi connectivity index (χ2n) is 7.99. The van der Waals surface area contributed by atoms with Crippen molar-refractivity contribution in [2.45, 2.75) is 110 Å². The van der Waals surface area contributed by atoms with Crippen LogP contribution in [-0.2, 0) is 4.74 Å². The molecular weight excluding hydrogens is 364 g/mol. The number of aromatic carboxylic acids is 1. The van der Waals surface area contributed by atoms with Crippen molar-refractivity contribution in [1.29, 1.82) is 0 Å². The van der Waals surface area contributed by atoms with E-state index in [0.717, 1.165) is 32.1 Å². The van der Waals surface area contributed by atoms with Crippen molar-refractivity contribution < 1.29 is 19.4 Å². The van der Waals surface area contributed by atoms with Crippen LogP contribution < -0.4 is 0 Å². The van der Waals surface area contributed by atoms with E-state index in [0.29, 0.717) is 0 Å². The Morgan fingerprint density at radius 3 is 1.79 bits per heavy atom. The predicted molar refractivity (Wildman–Crippen MR) is 119 cm³/mol. The number of carbonyl (C=O) groups excluding carboxylic acids is 1. The normalized spacial score (nSPS) is 11.9. The van der Waals surface area contributed by atoms with E-state index in [1.54, 1.807) is 12.1 Å². The maximum atomic E-state index is 12.5. The van der Waals surface area contributed by atoms with Gasteiger partial charge in [0.1, 0.15) is 6.10 Å². The molecule has 0 aromatic heterocycles. The van der Waals surface area contributed by atoms with Gasteiger partial charge in [0.25, 0.3) is 0 Å². The lowest BCUT2D eigenvalue weighted by Gasteiger charge is -2.18. The summed E-state index contributed by atoms with van der Waals surface area (Å²) in [5.41, 5.74) is 0.148. The predicted octanol–water partition coefficient (Wildman–Crippen LogP) is 7.41. The van der Waals surface area contributed by atoms with Gasteiger partial charge in [0.2, 0.25) is 0 Å². The highest BCUT2D eigenvalue weighted by Crippen LogP contribution is 2.19. The minimum atomic E-state index is -1.10. The van der Waals surface area contributed by atoms with Gasteiger partial charge in [0.05, 0.1) is 11.1 Å². The number of hydrogen-bond acceptors (Lipinski definition) is 3. The largest absolute Gasteiger partial charge is 0.478 e. The van der Waals surface area contributed by atoms with Crippen LogP contribution in [0.5, 0.6) is 0 Å². The van der Waals surface area contributed by atoms with Gasteiger partial charge in [-0.05, 0) is 31.4 Å². The number of ether oxygens (including phenoxy) is 1. The topological polar surface area (TPSA) is 63.6 Å². The maximum absolute atomic E-state index is 12.5. The SMILES string of the molecule is CCCCCCCCCCCCC(CCCC)OC(=O)c1ccccc1C(=O)O. The van der Waals surface area contributed by atoms with E-state index in [9.17, 15) is 14.7 Å². The van der Waals surface area contributed by atoms with Crippen molar-refractivity contribution >= 4 is 11.9 Å². The van der Waals surface area contributed by atoms with Crippen LogP contribution in [0.2, 0.25) is 0 Å². The summed E-state index contributed by atoms with van der Waals surface area (Å²) >= 11 is 0. The van der Waals surface area contributed by atoms with Gasteiger partial charge in [-0.2, -0.15) is 0 Å². The number of carboxylic acid groups (broad SMARTS) is 1. The number of rotatable bonds is 17. The Morgan fingerprint density at radius 1 is 0.759 bits per heavy atom. The zero-order chi connectivity index (χ0) is 21.3. The first-order chi connectivity index (χ1) is 14.1. The molecule has 0 aliphatic heterocycles. The van der Waals surface area contributed by atoms with Crippen LogP contribution in [0.1, 0.15) is 124 Å². The molecule has 29 heavy (non-hydrogen) atoms. The molecule has 0 fully saturated rings. The van der Waals surface area contributed by atoms with E-state index < -0.39 is 11.9 Å². The summed E-state index contributed by atoms with van der Waals surface area (Å²) in [5, 5.41) is 9.29. The summed E-state index contributed by atoms with van der Waals surface area (Å²) in [5.74, 6) is -1.62. The molecule has 0 aliphatic rings. The quantitative estimate of drug-likeness (QED) is 0.217. The highest BCUT2D eigenvalue weighted by Gasteiger charge is 2.20. The monoisotopic (exact) mass is 404 g/mol. The lowest BCUT2D eigenvalue weighted by atomic mass is 10.0. The van der Waals surface area contributed by atoms with E-state index in [4.69, 9.17) is 4.74 Å². The second-order valence-corrected chi connectivity index (χ2v) is 7.99. The van der Waals surface area contributed by atoms with Crippen molar-refractivity contribution in [2.24, 2.45) is 0 Å². The van der Waals surface area contributed by atoms with Crippen LogP contribution in [0.4, 0.5) is 0 Å². The molecule has 164 valence electrons. The fraction of sp³-hybridized carbons (Fsp3) is 0.680. The summed E-state index contributed by atoms with van der Waals surface area (Å²) < 4.78 is 5.71. The number of carbonyl (C=O) groups is 2. The van der Waals surface area contributed by atoms with Crippen molar-refractivity contribution in [1.82, 2.24) is 0 Å². The van der Waals surface area contributed by atoms with Crippen LogP contribution in [0.3, 0.4) is 0 Å². The van der Waals surface area contributed by atoms with E-state index in [1.807, 2.05) is 0 Å². The van der Waals surface area contributed by atoms with Gasteiger partial charge in [-0.1, -0.05) is 96.6 Å². The zero-order valence-corrected chi connectivity index (χ0v) is 18.5. The molecule has 1 aromatic rings. The van der Waals surface area contributed by atoms with Gasteiger partial charge in [-0.15, -0.1) is 0 Å². The summed E-state index contributed by atoms with van der Waals surface area (Å²) in [6.07, 6.45) is 16.4. The van der Waals surface area contributed by atoms with Crippen LogP contribution in [-0.4, -0.2) is 23.1 Å². The summed E-state index contributed by atoms with van der Waals surface area (Å²) in [6.45, 7) is 4.37. The van der Waals surface area contributed by atoms with Crippen LogP contribution in [0.25, 0.3) is 0 Å². The second kappa shape index (κ2) is 16.0. The average molecular weight is 405 g/mol. The van der Waals surface area contributed by atoms with Crippen LogP contribution >= 0.6 is 0 Å². The highest BCUT2D eigenvalue weighted by atomic mass is 16.5. The molecule has 0 saturated carbocycles. The molecule has 1 atom stereocenters. The molecule has 1 N–H and O–H groups in total. The first-order valence-corrected chi connectivity index (χ1v) is 11.6. The van der Waals surface area contributed by atoms with Gasteiger partial charge in [-0.3, -0.25) is 0 Å². The number of hydrogen-bond donors (Lipinski definition) is 1. The first-order valence-electron chi connectivity index (χ1n) is 11.6. The molecule has 0 bridgehead atoms. The maximum Gasteiger partial charge on any atom is 0.339 e. The molecule has 0 saturated heterocycles. The Hall–Kier alpha value is -1.84. The third kappa shape index (κ3) is 11.1. The lowest BCUT2D eigenvalue weighted by Crippen LogP contribution is -2.20. The molecule has 0 spiro atoms. The Labute approximate surface area is 177 Å². The highest BCUT2D eigenvalue weighted by molar-refractivity contribution is 6.02. The number of esters is 1. The van der Waals surface area contributed by atoms with Crippen molar-refractivity contribution in [2.75, 3.05) is 0 Å². The van der Waals surface area contributed by atoms with Crippen LogP contribution in [0, 0.1) is 0 Å². The molecule has 1 aromatic carbocycles. The van der Waals surface area contributed by atoms with Gasteiger partial charge in [0.15, 0.2) is 0 Å². The Balaban J connectivity index is 2.37. The molecule has 0 radical (unpaired) electrons. The molecule has 4 heteroatoms. The Kier molecular flexibility index (Phi) is 13.9. The lowest BCUT2D eigenvalue weighted by molar-refractivity contribution is 0.0245. The third-order valence-electron chi connectivity index (χ3n) is 5.41.